The third kappa shape index (κ3) is 3.25. The fourth-order valence-electron chi connectivity index (χ4n) is 2.71. The third-order valence-electron chi connectivity index (χ3n) is 3.72. The molecule has 0 spiro atoms. The predicted molar refractivity (Wildman–Crippen MR) is 58.0 cm³/mol. The van der Waals surface area contributed by atoms with Crippen LogP contribution in [-0.2, 0) is 0 Å². The fraction of sp³-hybridized carbons (Fsp3) is 1.00. The molecule has 14 heavy (non-hydrogen) atoms. The molecule has 0 amide bonds. The molecular weight excluding hydrogens is 176 g/mol. The van der Waals surface area contributed by atoms with Crippen LogP contribution in [0, 0.1) is 17.8 Å². The average molecular weight is 200 g/mol. The van der Waals surface area contributed by atoms with E-state index >= 15 is 0 Å². The van der Waals surface area contributed by atoms with Crippen molar-refractivity contribution < 1.29 is 10.2 Å². The Bertz CT molecular complexity index is 135. The summed E-state index contributed by atoms with van der Waals surface area (Å²) in [5.41, 5.74) is 0. The van der Waals surface area contributed by atoms with E-state index < -0.39 is 0 Å². The maximum atomic E-state index is 9.09. The quantitative estimate of drug-likeness (QED) is 0.714. The molecule has 0 radical (unpaired) electrons. The Labute approximate surface area is 87.3 Å². The summed E-state index contributed by atoms with van der Waals surface area (Å²) in [5.74, 6) is 1.62. The molecule has 0 bridgehead atoms. The van der Waals surface area contributed by atoms with E-state index in [1.54, 1.807) is 0 Å². The van der Waals surface area contributed by atoms with Crippen LogP contribution in [0.5, 0.6) is 0 Å². The van der Waals surface area contributed by atoms with Gasteiger partial charge in [-0.3, -0.25) is 0 Å². The normalized spacial score (nSPS) is 28.3. The number of aliphatic hydroxyl groups is 2. The van der Waals surface area contributed by atoms with Crippen LogP contribution in [0.1, 0.15) is 45.4 Å². The summed E-state index contributed by atoms with van der Waals surface area (Å²) in [4.78, 5) is 0. The van der Waals surface area contributed by atoms with E-state index in [1.807, 2.05) is 0 Å². The zero-order valence-corrected chi connectivity index (χ0v) is 9.28. The Balaban J connectivity index is 2.27. The zero-order chi connectivity index (χ0) is 10.4. The van der Waals surface area contributed by atoms with Crippen molar-refractivity contribution in [1.29, 1.82) is 0 Å². The highest BCUT2D eigenvalue weighted by atomic mass is 16.3. The van der Waals surface area contributed by atoms with Crippen LogP contribution in [-0.4, -0.2) is 23.4 Å². The second-order valence-electron chi connectivity index (χ2n) is 4.69. The summed E-state index contributed by atoms with van der Waals surface area (Å²) < 4.78 is 0. The van der Waals surface area contributed by atoms with Gasteiger partial charge in [-0.2, -0.15) is 0 Å². The maximum Gasteiger partial charge on any atom is 0.0483 e. The first-order valence-corrected chi connectivity index (χ1v) is 6.03. The summed E-state index contributed by atoms with van der Waals surface area (Å²) in [6, 6.07) is 0. The van der Waals surface area contributed by atoms with Crippen LogP contribution < -0.4 is 0 Å². The molecule has 0 unspecified atom stereocenters. The van der Waals surface area contributed by atoms with Crippen LogP contribution in [0.2, 0.25) is 0 Å². The SMILES string of the molecule is CCC[C@H]1CC[C@H](C(CO)CO)CC1. The molecule has 0 saturated heterocycles. The molecule has 0 atom stereocenters. The average Bonchev–Trinajstić information content (AvgIpc) is 2.23. The van der Waals surface area contributed by atoms with Gasteiger partial charge in [0.15, 0.2) is 0 Å². The van der Waals surface area contributed by atoms with Gasteiger partial charge in [-0.25, -0.2) is 0 Å². The van der Waals surface area contributed by atoms with E-state index in [0.717, 1.165) is 5.92 Å². The van der Waals surface area contributed by atoms with E-state index in [-0.39, 0.29) is 19.1 Å². The molecule has 1 fully saturated rings. The van der Waals surface area contributed by atoms with Gasteiger partial charge in [-0.05, 0) is 24.7 Å². The van der Waals surface area contributed by atoms with Crippen LogP contribution in [0.3, 0.4) is 0 Å². The lowest BCUT2D eigenvalue weighted by atomic mass is 9.75. The highest BCUT2D eigenvalue weighted by molar-refractivity contribution is 4.77. The monoisotopic (exact) mass is 200 g/mol. The second kappa shape index (κ2) is 6.41. The molecule has 1 rings (SSSR count). The van der Waals surface area contributed by atoms with Gasteiger partial charge in [0.2, 0.25) is 0 Å². The van der Waals surface area contributed by atoms with E-state index in [9.17, 15) is 0 Å². The molecule has 0 heterocycles. The van der Waals surface area contributed by atoms with Gasteiger partial charge in [-0.15, -0.1) is 0 Å². The van der Waals surface area contributed by atoms with Crippen molar-refractivity contribution in [3.05, 3.63) is 0 Å². The predicted octanol–water partition coefficient (Wildman–Crippen LogP) is 2.19. The lowest BCUT2D eigenvalue weighted by Gasteiger charge is -2.32. The first-order chi connectivity index (χ1) is 6.81. The summed E-state index contributed by atoms with van der Waals surface area (Å²) in [6.07, 6.45) is 7.66. The molecule has 2 heteroatoms. The number of hydrogen-bond acceptors (Lipinski definition) is 2. The Morgan fingerprint density at radius 1 is 1.07 bits per heavy atom. The molecular formula is C12H24O2. The van der Waals surface area contributed by atoms with Crippen molar-refractivity contribution in [2.45, 2.75) is 45.4 Å². The fourth-order valence-corrected chi connectivity index (χ4v) is 2.71. The minimum absolute atomic E-state index is 0.137. The number of aliphatic hydroxyl groups excluding tert-OH is 2. The van der Waals surface area contributed by atoms with Crippen molar-refractivity contribution in [3.63, 3.8) is 0 Å². The smallest absolute Gasteiger partial charge is 0.0483 e. The van der Waals surface area contributed by atoms with Crippen LogP contribution >= 0.6 is 0 Å². The Morgan fingerprint density at radius 2 is 1.64 bits per heavy atom. The number of rotatable bonds is 5. The van der Waals surface area contributed by atoms with Crippen LogP contribution in [0.4, 0.5) is 0 Å². The molecule has 84 valence electrons. The van der Waals surface area contributed by atoms with Crippen LogP contribution in [0.15, 0.2) is 0 Å². The summed E-state index contributed by atoms with van der Waals surface area (Å²) >= 11 is 0. The van der Waals surface area contributed by atoms with Gasteiger partial charge >= 0.3 is 0 Å². The first-order valence-electron chi connectivity index (χ1n) is 6.03. The van der Waals surface area contributed by atoms with E-state index in [4.69, 9.17) is 10.2 Å². The second-order valence-corrected chi connectivity index (χ2v) is 4.69. The summed E-state index contributed by atoms with van der Waals surface area (Å²) in [6.45, 7) is 2.55. The minimum Gasteiger partial charge on any atom is -0.396 e. The zero-order valence-electron chi connectivity index (χ0n) is 9.28. The Kier molecular flexibility index (Phi) is 5.49. The summed E-state index contributed by atoms with van der Waals surface area (Å²) in [5, 5.41) is 18.2. The highest BCUT2D eigenvalue weighted by Gasteiger charge is 2.26. The largest absolute Gasteiger partial charge is 0.396 e. The summed E-state index contributed by atoms with van der Waals surface area (Å²) in [7, 11) is 0. The van der Waals surface area contributed by atoms with Crippen molar-refractivity contribution in [2.75, 3.05) is 13.2 Å². The maximum absolute atomic E-state index is 9.09. The van der Waals surface area contributed by atoms with Gasteiger partial charge in [0, 0.05) is 19.1 Å². The topological polar surface area (TPSA) is 40.5 Å². The lowest BCUT2D eigenvalue weighted by Crippen LogP contribution is -2.26. The van der Waals surface area contributed by atoms with E-state index in [1.165, 1.54) is 38.5 Å². The van der Waals surface area contributed by atoms with Gasteiger partial charge < -0.3 is 10.2 Å². The minimum atomic E-state index is 0.137. The molecule has 1 aliphatic carbocycles. The standard InChI is InChI=1S/C12H24O2/c1-2-3-10-4-6-11(7-5-10)12(8-13)9-14/h10-14H,2-9H2,1H3/t10-,11-. The van der Waals surface area contributed by atoms with Crippen molar-refractivity contribution in [2.24, 2.45) is 17.8 Å². The number of hydrogen-bond donors (Lipinski definition) is 2. The molecule has 1 aliphatic rings. The van der Waals surface area contributed by atoms with Crippen LogP contribution in [0.25, 0.3) is 0 Å². The molecule has 0 aromatic carbocycles. The molecule has 1 saturated carbocycles. The van der Waals surface area contributed by atoms with Gasteiger partial charge in [0.25, 0.3) is 0 Å². The Morgan fingerprint density at radius 3 is 2.07 bits per heavy atom. The molecule has 0 aromatic heterocycles. The van der Waals surface area contributed by atoms with E-state index in [2.05, 4.69) is 6.92 Å². The molecule has 0 aliphatic heterocycles. The molecule has 0 aromatic rings. The van der Waals surface area contributed by atoms with Gasteiger partial charge in [0.05, 0.1) is 0 Å². The van der Waals surface area contributed by atoms with Gasteiger partial charge in [-0.1, -0.05) is 32.6 Å². The highest BCUT2D eigenvalue weighted by Crippen LogP contribution is 2.35. The van der Waals surface area contributed by atoms with Crippen molar-refractivity contribution in [1.82, 2.24) is 0 Å². The van der Waals surface area contributed by atoms with Gasteiger partial charge in [0.1, 0.15) is 0 Å². The lowest BCUT2D eigenvalue weighted by molar-refractivity contribution is 0.0783. The third-order valence-corrected chi connectivity index (χ3v) is 3.72. The Hall–Kier alpha value is -0.0800. The molecule has 2 nitrogen and oxygen atoms in total. The first kappa shape index (κ1) is 12.0. The van der Waals surface area contributed by atoms with Crippen molar-refractivity contribution in [3.8, 4) is 0 Å². The molecule has 2 N–H and O–H groups in total. The van der Waals surface area contributed by atoms with Crippen molar-refractivity contribution >= 4 is 0 Å². The van der Waals surface area contributed by atoms with E-state index in [0.29, 0.717) is 5.92 Å².